The van der Waals surface area contributed by atoms with Gasteiger partial charge in [-0.3, -0.25) is 0 Å². The van der Waals surface area contributed by atoms with E-state index in [0.717, 1.165) is 0 Å². The van der Waals surface area contributed by atoms with Crippen molar-refractivity contribution in [2.24, 2.45) is 7.05 Å². The van der Waals surface area contributed by atoms with Crippen molar-refractivity contribution in [2.45, 2.75) is 0 Å². The first-order chi connectivity index (χ1) is 5.83. The minimum atomic E-state index is 0.369. The average molecular weight is 159 g/mol. The fourth-order valence-corrected chi connectivity index (χ4v) is 1.08. The first-order valence-electron chi connectivity index (χ1n) is 3.35. The first-order valence-corrected chi connectivity index (χ1v) is 3.35. The van der Waals surface area contributed by atoms with Crippen molar-refractivity contribution >= 4 is 11.0 Å². The van der Waals surface area contributed by atoms with E-state index in [2.05, 4.69) is 15.1 Å². The summed E-state index contributed by atoms with van der Waals surface area (Å²) < 4.78 is 1.57. The summed E-state index contributed by atoms with van der Waals surface area (Å²) in [6, 6.07) is 1.98. The molecular weight excluding hydrogens is 154 g/mol. The summed E-state index contributed by atoms with van der Waals surface area (Å²) in [4.78, 5) is 7.81. The molecule has 5 nitrogen and oxygen atoms in total. The number of nitrogens with zero attached hydrogens (tertiary/aromatic N) is 5. The number of hydrogen-bond donors (Lipinski definition) is 0. The molecule has 0 spiro atoms. The molecule has 0 aliphatic rings. The van der Waals surface area contributed by atoms with Gasteiger partial charge >= 0.3 is 0 Å². The summed E-state index contributed by atoms with van der Waals surface area (Å²) in [6.07, 6.45) is 3.03. The van der Waals surface area contributed by atoms with Crippen LogP contribution in [-0.4, -0.2) is 19.7 Å². The van der Waals surface area contributed by atoms with Gasteiger partial charge in [0.1, 0.15) is 12.4 Å². The van der Waals surface area contributed by atoms with E-state index in [0.29, 0.717) is 16.7 Å². The maximum atomic E-state index is 8.67. The van der Waals surface area contributed by atoms with Gasteiger partial charge in [-0.1, -0.05) is 0 Å². The molecule has 2 aromatic rings. The van der Waals surface area contributed by atoms with Gasteiger partial charge in [-0.05, 0) is 0 Å². The lowest BCUT2D eigenvalue weighted by molar-refractivity contribution is 0.780. The number of rotatable bonds is 0. The second kappa shape index (κ2) is 2.27. The molecule has 0 N–H and O–H groups in total. The third-order valence-corrected chi connectivity index (χ3v) is 1.61. The molecule has 0 radical (unpaired) electrons. The molecule has 0 atom stereocenters. The van der Waals surface area contributed by atoms with E-state index in [1.807, 2.05) is 6.07 Å². The minimum absolute atomic E-state index is 0.369. The molecule has 5 heteroatoms. The highest BCUT2D eigenvalue weighted by Crippen LogP contribution is 2.11. The van der Waals surface area contributed by atoms with E-state index in [1.54, 1.807) is 17.9 Å². The molecule has 0 unspecified atom stereocenters. The van der Waals surface area contributed by atoms with Crippen LogP contribution in [0.4, 0.5) is 0 Å². The van der Waals surface area contributed by atoms with Gasteiger partial charge in [0.25, 0.3) is 0 Å². The Bertz CT molecular complexity index is 464. The van der Waals surface area contributed by atoms with Crippen molar-refractivity contribution < 1.29 is 0 Å². The zero-order valence-corrected chi connectivity index (χ0v) is 6.39. The maximum Gasteiger partial charge on any atom is 0.173 e. The molecule has 0 aromatic carbocycles. The molecule has 2 heterocycles. The van der Waals surface area contributed by atoms with Gasteiger partial charge in [0.2, 0.25) is 0 Å². The Morgan fingerprint density at radius 1 is 1.58 bits per heavy atom. The lowest BCUT2D eigenvalue weighted by Crippen LogP contribution is -1.91. The topological polar surface area (TPSA) is 67.4 Å². The normalized spacial score (nSPS) is 10.0. The van der Waals surface area contributed by atoms with E-state index in [9.17, 15) is 0 Å². The smallest absolute Gasteiger partial charge is 0.173 e. The molecule has 12 heavy (non-hydrogen) atoms. The standard InChI is InChI=1S/C7H5N5/c1-12-7-5(3-9-4-10-7)6(2-8)11-12/h3-4H,1H3. The van der Waals surface area contributed by atoms with Gasteiger partial charge in [0, 0.05) is 13.2 Å². The fourth-order valence-electron chi connectivity index (χ4n) is 1.08. The monoisotopic (exact) mass is 159 g/mol. The largest absolute Gasteiger partial charge is 0.249 e. The molecule has 0 saturated heterocycles. The van der Waals surface area contributed by atoms with E-state index < -0.39 is 0 Å². The highest BCUT2D eigenvalue weighted by Gasteiger charge is 2.07. The van der Waals surface area contributed by atoms with Crippen LogP contribution in [0.25, 0.3) is 11.0 Å². The predicted molar refractivity (Wildman–Crippen MR) is 41.0 cm³/mol. The van der Waals surface area contributed by atoms with Crippen LogP contribution in [-0.2, 0) is 7.05 Å². The van der Waals surface area contributed by atoms with Crippen LogP contribution in [0.15, 0.2) is 12.5 Å². The molecule has 0 bridgehead atoms. The quantitative estimate of drug-likeness (QED) is 0.552. The van der Waals surface area contributed by atoms with Crippen LogP contribution in [0.3, 0.4) is 0 Å². The Balaban J connectivity index is 2.94. The van der Waals surface area contributed by atoms with Gasteiger partial charge in [0.15, 0.2) is 11.3 Å². The van der Waals surface area contributed by atoms with E-state index >= 15 is 0 Å². The van der Waals surface area contributed by atoms with Crippen molar-refractivity contribution in [3.8, 4) is 6.07 Å². The molecular formula is C7H5N5. The Morgan fingerprint density at radius 3 is 3.17 bits per heavy atom. The van der Waals surface area contributed by atoms with Crippen LogP contribution < -0.4 is 0 Å². The molecule has 0 saturated carbocycles. The van der Waals surface area contributed by atoms with Gasteiger partial charge in [0.05, 0.1) is 5.39 Å². The molecule has 58 valence electrons. The summed E-state index contributed by atoms with van der Waals surface area (Å²) in [5, 5.41) is 13.3. The van der Waals surface area contributed by atoms with Gasteiger partial charge in [-0.25, -0.2) is 14.6 Å². The highest BCUT2D eigenvalue weighted by molar-refractivity contribution is 5.79. The van der Waals surface area contributed by atoms with Gasteiger partial charge in [-0.2, -0.15) is 10.4 Å². The number of fused-ring (bicyclic) bond motifs is 1. The molecule has 2 aromatic heterocycles. The van der Waals surface area contributed by atoms with Crippen LogP contribution in [0, 0.1) is 11.3 Å². The Morgan fingerprint density at radius 2 is 2.42 bits per heavy atom. The molecule has 0 fully saturated rings. The predicted octanol–water partition coefficient (Wildman–Crippen LogP) is 0.235. The number of nitriles is 1. The second-order valence-corrected chi connectivity index (χ2v) is 2.34. The minimum Gasteiger partial charge on any atom is -0.249 e. The van der Waals surface area contributed by atoms with Crippen molar-refractivity contribution in [1.82, 2.24) is 19.7 Å². The summed E-state index contributed by atoms with van der Waals surface area (Å²) in [5.74, 6) is 0. The zero-order valence-electron chi connectivity index (χ0n) is 6.39. The molecule has 0 amide bonds. The third kappa shape index (κ3) is 0.751. The maximum absolute atomic E-state index is 8.67. The summed E-state index contributed by atoms with van der Waals surface area (Å²) in [5.41, 5.74) is 1.05. The average Bonchev–Trinajstić information content (AvgIpc) is 2.44. The summed E-state index contributed by atoms with van der Waals surface area (Å²) in [7, 11) is 1.75. The van der Waals surface area contributed by atoms with Crippen molar-refractivity contribution in [1.29, 1.82) is 5.26 Å². The van der Waals surface area contributed by atoms with Crippen LogP contribution in [0.2, 0.25) is 0 Å². The Kier molecular flexibility index (Phi) is 1.27. The van der Waals surface area contributed by atoms with Crippen molar-refractivity contribution in [2.75, 3.05) is 0 Å². The number of aromatic nitrogens is 4. The third-order valence-electron chi connectivity index (χ3n) is 1.61. The Labute approximate surface area is 68.3 Å². The Hall–Kier alpha value is -1.96. The van der Waals surface area contributed by atoms with E-state index in [-0.39, 0.29) is 0 Å². The molecule has 0 aliphatic carbocycles. The van der Waals surface area contributed by atoms with Gasteiger partial charge in [-0.15, -0.1) is 0 Å². The summed E-state index contributed by atoms with van der Waals surface area (Å²) >= 11 is 0. The van der Waals surface area contributed by atoms with Crippen LogP contribution >= 0.6 is 0 Å². The number of aryl methyl sites for hydroxylation is 1. The molecule has 0 aliphatic heterocycles. The number of hydrogen-bond acceptors (Lipinski definition) is 4. The lowest BCUT2D eigenvalue weighted by atomic mass is 10.3. The lowest BCUT2D eigenvalue weighted by Gasteiger charge is -1.88. The van der Waals surface area contributed by atoms with Crippen LogP contribution in [0.5, 0.6) is 0 Å². The highest BCUT2D eigenvalue weighted by atomic mass is 15.3. The van der Waals surface area contributed by atoms with E-state index in [4.69, 9.17) is 5.26 Å². The zero-order chi connectivity index (χ0) is 8.55. The second-order valence-electron chi connectivity index (χ2n) is 2.34. The fraction of sp³-hybridized carbons (Fsp3) is 0.143. The molecule has 2 rings (SSSR count). The van der Waals surface area contributed by atoms with Crippen molar-refractivity contribution in [3.63, 3.8) is 0 Å². The van der Waals surface area contributed by atoms with Crippen LogP contribution in [0.1, 0.15) is 5.69 Å². The summed E-state index contributed by atoms with van der Waals surface area (Å²) in [6.45, 7) is 0. The van der Waals surface area contributed by atoms with E-state index in [1.165, 1.54) is 6.33 Å². The SMILES string of the molecule is Cn1nc(C#N)c2cncnc21. The van der Waals surface area contributed by atoms with Crippen molar-refractivity contribution in [3.05, 3.63) is 18.2 Å². The first kappa shape index (κ1) is 6.73. The van der Waals surface area contributed by atoms with Gasteiger partial charge < -0.3 is 0 Å².